The van der Waals surface area contributed by atoms with Gasteiger partial charge in [-0.1, -0.05) is 7.43 Å². The molecule has 0 fully saturated rings. The van der Waals surface area contributed by atoms with Crippen molar-refractivity contribution in [2.24, 2.45) is 0 Å². The number of allylic oxidation sites excluding steroid dienone is 5. The van der Waals surface area contributed by atoms with Crippen LogP contribution >= 0.6 is 0 Å². The van der Waals surface area contributed by atoms with Crippen LogP contribution in [0.4, 0.5) is 0 Å². The van der Waals surface area contributed by atoms with Crippen LogP contribution < -0.4 is 24.8 Å². The van der Waals surface area contributed by atoms with Gasteiger partial charge in [0, 0.05) is 0 Å². The van der Waals surface area contributed by atoms with E-state index in [4.69, 9.17) is 0 Å². The second kappa shape index (κ2) is 9.55. The molecule has 3 heteroatoms. The summed E-state index contributed by atoms with van der Waals surface area (Å²) in [5, 5.41) is 0. The van der Waals surface area contributed by atoms with Crippen molar-refractivity contribution in [3.05, 3.63) is 93.3 Å². The van der Waals surface area contributed by atoms with E-state index in [1.165, 1.54) is 16.7 Å². The third-order valence-corrected chi connectivity index (χ3v) is 15.7. The van der Waals surface area contributed by atoms with E-state index in [1.807, 2.05) is 6.08 Å². The van der Waals surface area contributed by atoms with Crippen molar-refractivity contribution in [1.29, 1.82) is 0 Å². The van der Waals surface area contributed by atoms with Gasteiger partial charge in [-0.15, -0.1) is 0 Å². The van der Waals surface area contributed by atoms with Crippen molar-refractivity contribution in [2.45, 2.75) is 33.2 Å². The zero-order chi connectivity index (χ0) is 16.7. The van der Waals surface area contributed by atoms with Crippen molar-refractivity contribution in [2.75, 3.05) is 0 Å². The van der Waals surface area contributed by atoms with E-state index in [0.29, 0.717) is 3.63 Å². The second-order valence-corrected chi connectivity index (χ2v) is 18.9. The van der Waals surface area contributed by atoms with Crippen molar-refractivity contribution < 1.29 is 45.1 Å². The summed E-state index contributed by atoms with van der Waals surface area (Å²) in [5.74, 6) is 0. The largest absolute Gasteiger partial charge is 1.00 e. The third-order valence-electron chi connectivity index (χ3n) is 5.71. The van der Waals surface area contributed by atoms with Crippen molar-refractivity contribution in [3.63, 3.8) is 0 Å². The number of rotatable bonds is 4. The summed E-state index contributed by atoms with van der Waals surface area (Å²) in [7, 11) is 0. The van der Waals surface area contributed by atoms with Crippen LogP contribution in [-0.2, 0) is 20.3 Å². The first-order valence-corrected chi connectivity index (χ1v) is 16.4. The minimum absolute atomic E-state index is 0. The number of fused-ring (bicyclic) bond motifs is 3. The molecule has 0 atom stereocenters. The first-order valence-electron chi connectivity index (χ1n) is 8.82. The molecule has 142 valence electrons. The average molecular weight is 479 g/mol. The Morgan fingerprint density at radius 2 is 1.48 bits per heavy atom. The maximum Gasteiger partial charge on any atom is -1.00 e. The van der Waals surface area contributed by atoms with E-state index in [-0.39, 0.29) is 32.2 Å². The molecule has 4 rings (SSSR count). The summed E-state index contributed by atoms with van der Waals surface area (Å²) in [6, 6.07) is 18.1. The molecule has 2 aromatic rings. The summed E-state index contributed by atoms with van der Waals surface area (Å²) >= 11 is -2.52. The van der Waals surface area contributed by atoms with Gasteiger partial charge in [0.15, 0.2) is 0 Å². The van der Waals surface area contributed by atoms with Crippen molar-refractivity contribution in [3.8, 4) is 11.1 Å². The molecule has 0 amide bonds. The molecular formula is C24H28Cl2Zr. The molecular weight excluding hydrogens is 450 g/mol. The predicted molar refractivity (Wildman–Crippen MR) is 108 cm³/mol. The van der Waals surface area contributed by atoms with Gasteiger partial charge < -0.3 is 24.8 Å². The van der Waals surface area contributed by atoms with E-state index in [0.717, 1.165) is 12.8 Å². The monoisotopic (exact) mass is 476 g/mol. The van der Waals surface area contributed by atoms with Gasteiger partial charge in [-0.05, 0) is 0 Å². The van der Waals surface area contributed by atoms with Gasteiger partial charge in [-0.25, -0.2) is 0 Å². The smallest absolute Gasteiger partial charge is 1.00 e. The molecule has 0 nitrogen and oxygen atoms in total. The molecule has 0 spiro atoms. The third kappa shape index (κ3) is 4.12. The summed E-state index contributed by atoms with van der Waals surface area (Å²) in [5.41, 5.74) is 7.51. The Bertz CT molecular complexity index is 832. The van der Waals surface area contributed by atoms with Crippen LogP contribution in [0.1, 0.15) is 35.0 Å². The Morgan fingerprint density at radius 3 is 2.00 bits per heavy atom. The van der Waals surface area contributed by atoms with Gasteiger partial charge >= 0.3 is 150 Å². The molecule has 0 saturated carbocycles. The summed E-state index contributed by atoms with van der Waals surface area (Å²) in [6.07, 6.45) is 9.11. The predicted octanol–water partition coefficient (Wildman–Crippen LogP) is 1.44. The van der Waals surface area contributed by atoms with Gasteiger partial charge in [0.05, 0.1) is 0 Å². The fourth-order valence-electron chi connectivity index (χ4n) is 4.46. The minimum atomic E-state index is -2.52. The summed E-state index contributed by atoms with van der Waals surface area (Å²) in [4.78, 5) is 0. The van der Waals surface area contributed by atoms with Gasteiger partial charge in [0.25, 0.3) is 0 Å². The zero-order valence-electron chi connectivity index (χ0n) is 15.3. The molecule has 0 aromatic heterocycles. The standard InChI is InChI=1S/C13H9.C8H9.CH4.2CH3.2ClH.Zr/c1-3-7-12-10(5-1)9-11-6-2-4-8-13(11)12;1-2-5-8-6-3-4-7-8;;;;;;/h1-9H;2,6-7H,1,3,5H2;1H4;2*1H3;2*1H;/q;;;;;;;+2/p-2. The molecule has 0 radical (unpaired) electrons. The molecule has 2 aromatic carbocycles. The van der Waals surface area contributed by atoms with Crippen LogP contribution in [0.3, 0.4) is 0 Å². The molecule has 2 aliphatic carbocycles. The second-order valence-electron chi connectivity index (χ2n) is 7.47. The van der Waals surface area contributed by atoms with E-state index < -0.39 is 20.3 Å². The van der Waals surface area contributed by atoms with Crippen LogP contribution in [0.2, 0.25) is 9.26 Å². The van der Waals surface area contributed by atoms with Crippen LogP contribution in [0, 0.1) is 0 Å². The number of benzene rings is 2. The number of hydrogen-bond acceptors (Lipinski definition) is 0. The number of halogens is 2. The van der Waals surface area contributed by atoms with Crippen molar-refractivity contribution >= 4 is 0 Å². The topological polar surface area (TPSA) is 0 Å². The minimum Gasteiger partial charge on any atom is -1.00 e. The molecule has 27 heavy (non-hydrogen) atoms. The number of hydrogen-bond donors (Lipinski definition) is 0. The Balaban J connectivity index is 0.00000121. The van der Waals surface area contributed by atoms with Crippen LogP contribution in [0.5, 0.6) is 0 Å². The first kappa shape index (κ1) is 24.2. The quantitative estimate of drug-likeness (QED) is 0.584. The Morgan fingerprint density at radius 1 is 0.963 bits per heavy atom. The fourth-order valence-corrected chi connectivity index (χ4v) is 13.3. The summed E-state index contributed by atoms with van der Waals surface area (Å²) < 4.78 is 7.62. The summed E-state index contributed by atoms with van der Waals surface area (Å²) in [6.45, 7) is 3.90. The molecule has 0 bridgehead atoms. The zero-order valence-corrected chi connectivity index (χ0v) is 19.3. The molecule has 0 aliphatic heterocycles. The Labute approximate surface area is 181 Å². The maximum absolute atomic E-state index is 3.90. The van der Waals surface area contributed by atoms with Crippen LogP contribution in [0.15, 0.2) is 82.2 Å². The van der Waals surface area contributed by atoms with Crippen molar-refractivity contribution in [1.82, 2.24) is 0 Å². The first-order chi connectivity index (χ1) is 11.6. The van der Waals surface area contributed by atoms with Crippen LogP contribution in [-0.4, -0.2) is 0 Å². The van der Waals surface area contributed by atoms with E-state index in [2.05, 4.69) is 76.5 Å². The Hall–Kier alpha value is -0.877. The molecule has 0 heterocycles. The normalized spacial score (nSPS) is 14.0. The molecule has 2 aliphatic rings. The van der Waals surface area contributed by atoms with E-state index >= 15 is 0 Å². The Kier molecular flexibility index (Phi) is 8.55. The molecule has 0 N–H and O–H groups in total. The van der Waals surface area contributed by atoms with Gasteiger partial charge in [-0.2, -0.15) is 0 Å². The maximum atomic E-state index is 3.90. The van der Waals surface area contributed by atoms with E-state index in [9.17, 15) is 0 Å². The van der Waals surface area contributed by atoms with Gasteiger partial charge in [-0.3, -0.25) is 0 Å². The van der Waals surface area contributed by atoms with Gasteiger partial charge in [0.1, 0.15) is 0 Å². The van der Waals surface area contributed by atoms with Crippen LogP contribution in [0.25, 0.3) is 11.1 Å². The molecule has 0 saturated heterocycles. The fraction of sp³-hybridized carbons (Fsp3) is 0.250. The molecule has 0 unspecified atom stereocenters. The van der Waals surface area contributed by atoms with Gasteiger partial charge in [0.2, 0.25) is 0 Å². The van der Waals surface area contributed by atoms with E-state index in [1.54, 1.807) is 14.4 Å². The average Bonchev–Trinajstić information content (AvgIpc) is 3.18. The SMILES string of the molecule is C.C=CCC1=CC[C]([Zr+2]([CH3])([CH3])[CH]2c3ccccc3-c3ccccc32)=C1.[Cl-].[Cl-].